The van der Waals surface area contributed by atoms with Crippen molar-refractivity contribution >= 4 is 28.9 Å². The summed E-state index contributed by atoms with van der Waals surface area (Å²) in [6.45, 7) is 2.83. The number of halogens is 1. The van der Waals surface area contributed by atoms with Gasteiger partial charge in [0.15, 0.2) is 0 Å². The lowest BCUT2D eigenvalue weighted by Crippen LogP contribution is -2.39. The van der Waals surface area contributed by atoms with Gasteiger partial charge < -0.3 is 10.6 Å². The summed E-state index contributed by atoms with van der Waals surface area (Å²) in [7, 11) is 0. The van der Waals surface area contributed by atoms with Gasteiger partial charge in [0.05, 0.1) is 11.0 Å². The Morgan fingerprint density at radius 2 is 2.32 bits per heavy atom. The fraction of sp³-hybridized carbons (Fsp3) is 0.417. The summed E-state index contributed by atoms with van der Waals surface area (Å²) < 4.78 is 0. The molecule has 6 nitrogen and oxygen atoms in total. The molecule has 2 atom stereocenters. The quantitative estimate of drug-likeness (QED) is 0.658. The van der Waals surface area contributed by atoms with E-state index in [4.69, 9.17) is 11.6 Å². The summed E-state index contributed by atoms with van der Waals surface area (Å²) in [5.74, 6) is 0.128. The third-order valence-corrected chi connectivity index (χ3v) is 3.53. The van der Waals surface area contributed by atoms with Crippen molar-refractivity contribution in [2.45, 2.75) is 19.4 Å². The standard InChI is InChI=1S/C12H14ClN3O3/c1-7-4-5-14-11(7)12(17)15-8-2-3-10(16(18)19)9(13)6-8/h2-3,6-7,11,14H,4-5H2,1H3,(H,15,17). The van der Waals surface area contributed by atoms with Crippen LogP contribution in [-0.4, -0.2) is 23.4 Å². The molecular weight excluding hydrogens is 270 g/mol. The second-order valence-electron chi connectivity index (χ2n) is 4.61. The van der Waals surface area contributed by atoms with Gasteiger partial charge in [0.1, 0.15) is 5.02 Å². The second kappa shape index (κ2) is 5.54. The number of carbonyl (C=O) groups excluding carboxylic acids is 1. The first kappa shape index (κ1) is 13.8. The van der Waals surface area contributed by atoms with E-state index >= 15 is 0 Å². The van der Waals surface area contributed by atoms with E-state index in [0.29, 0.717) is 5.69 Å². The van der Waals surface area contributed by atoms with Crippen molar-refractivity contribution in [3.05, 3.63) is 33.3 Å². The van der Waals surface area contributed by atoms with Crippen LogP contribution in [0.3, 0.4) is 0 Å². The monoisotopic (exact) mass is 283 g/mol. The van der Waals surface area contributed by atoms with Crippen molar-refractivity contribution in [1.82, 2.24) is 5.32 Å². The first-order chi connectivity index (χ1) is 8.99. The Bertz CT molecular complexity index is 521. The number of carbonyl (C=O) groups is 1. The van der Waals surface area contributed by atoms with Crippen LogP contribution in [0, 0.1) is 16.0 Å². The third kappa shape index (κ3) is 3.02. The predicted octanol–water partition coefficient (Wildman–Crippen LogP) is 2.18. The summed E-state index contributed by atoms with van der Waals surface area (Å²) in [5.41, 5.74) is 0.286. The van der Waals surface area contributed by atoms with Gasteiger partial charge in [-0.25, -0.2) is 0 Å². The molecule has 0 spiro atoms. The lowest BCUT2D eigenvalue weighted by Gasteiger charge is -2.15. The Balaban J connectivity index is 2.09. The Hall–Kier alpha value is -1.66. The molecule has 1 aromatic carbocycles. The van der Waals surface area contributed by atoms with E-state index in [1.165, 1.54) is 18.2 Å². The van der Waals surface area contributed by atoms with E-state index in [2.05, 4.69) is 10.6 Å². The Morgan fingerprint density at radius 1 is 1.58 bits per heavy atom. The van der Waals surface area contributed by atoms with Crippen LogP contribution in [0.5, 0.6) is 0 Å². The molecule has 1 saturated heterocycles. The lowest BCUT2D eigenvalue weighted by molar-refractivity contribution is -0.384. The minimum Gasteiger partial charge on any atom is -0.325 e. The smallest absolute Gasteiger partial charge is 0.288 e. The highest BCUT2D eigenvalue weighted by atomic mass is 35.5. The molecule has 7 heteroatoms. The molecule has 2 unspecified atom stereocenters. The number of amides is 1. The molecule has 0 aliphatic carbocycles. The number of anilines is 1. The highest BCUT2D eigenvalue weighted by Gasteiger charge is 2.29. The zero-order valence-corrected chi connectivity index (χ0v) is 11.1. The maximum absolute atomic E-state index is 12.0. The predicted molar refractivity (Wildman–Crippen MR) is 72.3 cm³/mol. The molecule has 19 heavy (non-hydrogen) atoms. The number of rotatable bonds is 3. The van der Waals surface area contributed by atoms with Gasteiger partial charge in [-0.3, -0.25) is 14.9 Å². The van der Waals surface area contributed by atoms with Gasteiger partial charge in [0, 0.05) is 11.8 Å². The van der Waals surface area contributed by atoms with E-state index in [1.807, 2.05) is 6.92 Å². The molecule has 2 N–H and O–H groups in total. The van der Waals surface area contributed by atoms with Crippen molar-refractivity contribution in [3.8, 4) is 0 Å². The molecule has 1 aromatic rings. The summed E-state index contributed by atoms with van der Waals surface area (Å²) in [4.78, 5) is 22.1. The second-order valence-corrected chi connectivity index (χ2v) is 5.02. The molecule has 0 bridgehead atoms. The maximum Gasteiger partial charge on any atom is 0.288 e. The van der Waals surface area contributed by atoms with Crippen molar-refractivity contribution in [2.24, 2.45) is 5.92 Å². The normalized spacial score (nSPS) is 22.2. The zero-order valence-electron chi connectivity index (χ0n) is 10.4. The average Bonchev–Trinajstić information content (AvgIpc) is 2.75. The molecular formula is C12H14ClN3O3. The van der Waals surface area contributed by atoms with Crippen LogP contribution < -0.4 is 10.6 Å². The molecule has 1 amide bonds. The highest BCUT2D eigenvalue weighted by Crippen LogP contribution is 2.27. The van der Waals surface area contributed by atoms with Crippen LogP contribution in [0.15, 0.2) is 18.2 Å². The highest BCUT2D eigenvalue weighted by molar-refractivity contribution is 6.33. The van der Waals surface area contributed by atoms with Gasteiger partial charge in [0.2, 0.25) is 5.91 Å². The molecule has 1 aliphatic heterocycles. The number of nitro groups is 1. The fourth-order valence-electron chi connectivity index (χ4n) is 2.14. The summed E-state index contributed by atoms with van der Waals surface area (Å²) in [6.07, 6.45) is 0.957. The van der Waals surface area contributed by atoms with Crippen molar-refractivity contribution in [2.75, 3.05) is 11.9 Å². The fourth-order valence-corrected chi connectivity index (χ4v) is 2.39. The number of hydrogen-bond acceptors (Lipinski definition) is 4. The third-order valence-electron chi connectivity index (χ3n) is 3.23. The van der Waals surface area contributed by atoms with Gasteiger partial charge in [-0.1, -0.05) is 18.5 Å². The van der Waals surface area contributed by atoms with Gasteiger partial charge >= 0.3 is 0 Å². The number of nitrogens with one attached hydrogen (secondary N) is 2. The van der Waals surface area contributed by atoms with E-state index < -0.39 is 4.92 Å². The first-order valence-corrected chi connectivity index (χ1v) is 6.35. The lowest BCUT2D eigenvalue weighted by atomic mass is 10.0. The Morgan fingerprint density at radius 3 is 2.84 bits per heavy atom. The van der Waals surface area contributed by atoms with Gasteiger partial charge in [-0.2, -0.15) is 0 Å². The topological polar surface area (TPSA) is 84.3 Å². The SMILES string of the molecule is CC1CCNC1C(=O)Nc1ccc([N+](=O)[O-])c(Cl)c1. The number of hydrogen-bond donors (Lipinski definition) is 2. The van der Waals surface area contributed by atoms with Gasteiger partial charge in [-0.15, -0.1) is 0 Å². The first-order valence-electron chi connectivity index (χ1n) is 5.97. The molecule has 0 saturated carbocycles. The van der Waals surface area contributed by atoms with Gasteiger partial charge in [-0.05, 0) is 31.0 Å². The molecule has 2 rings (SSSR count). The number of nitrogens with zero attached hydrogens (tertiary/aromatic N) is 1. The molecule has 1 aliphatic rings. The van der Waals surface area contributed by atoms with Crippen LogP contribution in [0.4, 0.5) is 11.4 Å². The minimum atomic E-state index is -0.561. The Labute approximate surface area is 115 Å². The molecule has 102 valence electrons. The van der Waals surface area contributed by atoms with Crippen molar-refractivity contribution in [1.29, 1.82) is 0 Å². The van der Waals surface area contributed by atoms with Gasteiger partial charge in [0.25, 0.3) is 5.69 Å². The van der Waals surface area contributed by atoms with E-state index in [0.717, 1.165) is 13.0 Å². The molecule has 1 fully saturated rings. The van der Waals surface area contributed by atoms with E-state index in [1.54, 1.807) is 0 Å². The maximum atomic E-state index is 12.0. The van der Waals surface area contributed by atoms with Crippen LogP contribution >= 0.6 is 11.6 Å². The van der Waals surface area contributed by atoms with Crippen LogP contribution in [0.2, 0.25) is 5.02 Å². The van der Waals surface area contributed by atoms with Crippen LogP contribution in [0.25, 0.3) is 0 Å². The van der Waals surface area contributed by atoms with E-state index in [9.17, 15) is 14.9 Å². The summed E-state index contributed by atoms with van der Waals surface area (Å²) in [6, 6.07) is 3.91. The number of nitro benzene ring substituents is 1. The number of benzene rings is 1. The van der Waals surface area contributed by atoms with Crippen molar-refractivity contribution in [3.63, 3.8) is 0 Å². The summed E-state index contributed by atoms with van der Waals surface area (Å²) >= 11 is 5.79. The molecule has 0 radical (unpaired) electrons. The van der Waals surface area contributed by atoms with Crippen LogP contribution in [0.1, 0.15) is 13.3 Å². The summed E-state index contributed by atoms with van der Waals surface area (Å²) in [5, 5.41) is 16.5. The molecule has 1 heterocycles. The molecule has 0 aromatic heterocycles. The minimum absolute atomic E-state index is 0.00947. The Kier molecular flexibility index (Phi) is 4.01. The average molecular weight is 284 g/mol. The van der Waals surface area contributed by atoms with Crippen molar-refractivity contribution < 1.29 is 9.72 Å². The zero-order chi connectivity index (χ0) is 14.0. The van der Waals surface area contributed by atoms with Crippen LogP contribution in [-0.2, 0) is 4.79 Å². The van der Waals surface area contributed by atoms with E-state index in [-0.39, 0.29) is 28.6 Å². The largest absolute Gasteiger partial charge is 0.325 e.